The highest BCUT2D eigenvalue weighted by atomic mass is 35.5. The Hall–Kier alpha value is -3.79. The smallest absolute Gasteiger partial charge is 0.246 e. The van der Waals surface area contributed by atoms with Crippen molar-refractivity contribution in [2.24, 2.45) is 0 Å². The average molecular weight is 468 g/mol. The van der Waals surface area contributed by atoms with Crippen molar-refractivity contribution in [3.63, 3.8) is 0 Å². The summed E-state index contributed by atoms with van der Waals surface area (Å²) in [7, 11) is 0. The Balaban J connectivity index is 1.53. The Morgan fingerprint density at radius 1 is 1.33 bits per heavy atom. The van der Waals surface area contributed by atoms with E-state index in [1.165, 1.54) is 24.7 Å². The average Bonchev–Trinajstić information content (AvgIpc) is 3.29. The van der Waals surface area contributed by atoms with Gasteiger partial charge in [-0.3, -0.25) is 9.89 Å². The number of H-pyrrole nitrogens is 1. The van der Waals surface area contributed by atoms with Crippen LogP contribution in [0.1, 0.15) is 6.92 Å². The van der Waals surface area contributed by atoms with Gasteiger partial charge in [-0.1, -0.05) is 18.2 Å². The van der Waals surface area contributed by atoms with E-state index in [0.717, 1.165) is 0 Å². The normalized spacial score (nSPS) is 16.4. The summed E-state index contributed by atoms with van der Waals surface area (Å²) in [5, 5.41) is 7.71. The molecular weight excluding hydrogens is 449 g/mol. The number of carbonyl (C=O) groups excluding carboxylic acids is 1. The summed E-state index contributed by atoms with van der Waals surface area (Å²) in [4.78, 5) is 29.1. The lowest BCUT2D eigenvalue weighted by molar-refractivity contribution is -0.128. The maximum atomic E-state index is 14.3. The van der Waals surface area contributed by atoms with E-state index in [-0.39, 0.29) is 28.6 Å². The van der Waals surface area contributed by atoms with Gasteiger partial charge in [0.15, 0.2) is 5.75 Å². The molecule has 11 heteroatoms. The Kier molecular flexibility index (Phi) is 5.29. The first-order valence-electron chi connectivity index (χ1n) is 10.2. The van der Waals surface area contributed by atoms with E-state index in [4.69, 9.17) is 16.3 Å². The van der Waals surface area contributed by atoms with E-state index < -0.39 is 5.82 Å². The summed E-state index contributed by atoms with van der Waals surface area (Å²) in [6, 6.07) is 3.03. The summed E-state index contributed by atoms with van der Waals surface area (Å²) in [6.07, 6.45) is 5.84. The molecule has 1 amide bonds. The molecule has 9 nitrogen and oxygen atoms in total. The predicted molar refractivity (Wildman–Crippen MR) is 122 cm³/mol. The van der Waals surface area contributed by atoms with Crippen molar-refractivity contribution < 1.29 is 13.9 Å². The fraction of sp³-hybridized carbons (Fsp3) is 0.227. The van der Waals surface area contributed by atoms with Crippen LogP contribution in [0, 0.1) is 5.82 Å². The number of aromatic amines is 1. The maximum absolute atomic E-state index is 14.3. The van der Waals surface area contributed by atoms with E-state index in [9.17, 15) is 9.18 Å². The molecule has 1 atom stereocenters. The number of ether oxygens (including phenoxy) is 1. The third kappa shape index (κ3) is 3.62. The molecule has 1 saturated heterocycles. The molecule has 1 aliphatic rings. The molecule has 1 fully saturated rings. The van der Waals surface area contributed by atoms with Gasteiger partial charge in [0, 0.05) is 43.3 Å². The Morgan fingerprint density at radius 3 is 2.97 bits per heavy atom. The molecule has 1 aliphatic heterocycles. The number of aromatic nitrogens is 5. The van der Waals surface area contributed by atoms with Crippen molar-refractivity contribution in [2.75, 3.05) is 24.5 Å². The van der Waals surface area contributed by atoms with Crippen LogP contribution in [-0.2, 0) is 4.79 Å². The zero-order valence-electron chi connectivity index (χ0n) is 17.6. The number of halogens is 2. The minimum atomic E-state index is -0.639. The second-order valence-electron chi connectivity index (χ2n) is 7.68. The number of carbonyl (C=O) groups is 1. The van der Waals surface area contributed by atoms with Gasteiger partial charge in [-0.15, -0.1) is 0 Å². The van der Waals surface area contributed by atoms with Gasteiger partial charge in [0.25, 0.3) is 0 Å². The highest BCUT2D eigenvalue weighted by molar-refractivity contribution is 6.33. The monoisotopic (exact) mass is 467 g/mol. The van der Waals surface area contributed by atoms with Gasteiger partial charge in [-0.25, -0.2) is 19.3 Å². The third-order valence-electron chi connectivity index (χ3n) is 5.68. The first-order valence-corrected chi connectivity index (χ1v) is 10.6. The minimum Gasteiger partial charge on any atom is -0.434 e. The fourth-order valence-electron chi connectivity index (χ4n) is 4.07. The molecule has 1 N–H and O–H groups in total. The zero-order valence-corrected chi connectivity index (χ0v) is 18.4. The quantitative estimate of drug-likeness (QED) is 0.456. The van der Waals surface area contributed by atoms with Crippen LogP contribution >= 0.6 is 11.6 Å². The second-order valence-corrected chi connectivity index (χ2v) is 8.05. The van der Waals surface area contributed by atoms with Crippen molar-refractivity contribution >= 4 is 45.1 Å². The zero-order chi connectivity index (χ0) is 23.1. The molecule has 0 aliphatic carbocycles. The van der Waals surface area contributed by atoms with Crippen molar-refractivity contribution in [3.05, 3.63) is 54.3 Å². The molecule has 3 aromatic heterocycles. The van der Waals surface area contributed by atoms with Crippen LogP contribution in [-0.4, -0.2) is 61.6 Å². The van der Waals surface area contributed by atoms with E-state index in [1.807, 2.05) is 6.92 Å². The number of rotatable bonds is 4. The van der Waals surface area contributed by atoms with E-state index in [2.05, 4.69) is 36.6 Å². The first kappa shape index (κ1) is 21.1. The fourth-order valence-corrected chi connectivity index (χ4v) is 4.27. The minimum absolute atomic E-state index is 0.0210. The van der Waals surface area contributed by atoms with E-state index in [0.29, 0.717) is 47.3 Å². The van der Waals surface area contributed by atoms with Crippen LogP contribution in [0.3, 0.4) is 0 Å². The molecule has 4 heterocycles. The lowest BCUT2D eigenvalue weighted by Crippen LogP contribution is -2.54. The van der Waals surface area contributed by atoms with Crippen LogP contribution in [0.2, 0.25) is 5.02 Å². The van der Waals surface area contributed by atoms with Gasteiger partial charge >= 0.3 is 0 Å². The van der Waals surface area contributed by atoms with Crippen LogP contribution in [0.5, 0.6) is 11.6 Å². The largest absolute Gasteiger partial charge is 0.434 e. The summed E-state index contributed by atoms with van der Waals surface area (Å²) in [5.41, 5.74) is 0.903. The molecule has 33 heavy (non-hydrogen) atoms. The van der Waals surface area contributed by atoms with Gasteiger partial charge in [0.05, 0.1) is 17.1 Å². The molecule has 168 valence electrons. The number of piperazine rings is 1. The third-order valence-corrected chi connectivity index (χ3v) is 6.03. The van der Waals surface area contributed by atoms with Gasteiger partial charge < -0.3 is 14.5 Å². The number of hydrogen-bond donors (Lipinski definition) is 1. The Labute approximate surface area is 192 Å². The molecule has 4 aromatic rings. The number of nitrogens with one attached hydrogen (secondary N) is 1. The summed E-state index contributed by atoms with van der Waals surface area (Å²) in [6.45, 7) is 7.29. The van der Waals surface area contributed by atoms with Crippen molar-refractivity contribution in [1.82, 2.24) is 30.0 Å². The van der Waals surface area contributed by atoms with Crippen LogP contribution in [0.25, 0.3) is 21.8 Å². The van der Waals surface area contributed by atoms with E-state index in [1.54, 1.807) is 17.2 Å². The van der Waals surface area contributed by atoms with E-state index >= 15 is 0 Å². The lowest BCUT2D eigenvalue weighted by Gasteiger charge is -2.40. The number of amides is 1. The maximum Gasteiger partial charge on any atom is 0.246 e. The number of nitrogens with zero attached hydrogens (tertiary/aromatic N) is 6. The summed E-state index contributed by atoms with van der Waals surface area (Å²) >= 11 is 6.20. The molecule has 0 bridgehead atoms. The van der Waals surface area contributed by atoms with Crippen LogP contribution in [0.4, 0.5) is 10.2 Å². The molecule has 1 unspecified atom stereocenters. The summed E-state index contributed by atoms with van der Waals surface area (Å²) in [5.74, 6) is 0.237. The lowest BCUT2D eigenvalue weighted by atomic mass is 10.1. The Morgan fingerprint density at radius 2 is 2.18 bits per heavy atom. The molecule has 5 rings (SSSR count). The van der Waals surface area contributed by atoms with Crippen molar-refractivity contribution in [1.29, 1.82) is 0 Å². The number of pyridine rings is 1. The molecule has 0 saturated carbocycles. The second kappa shape index (κ2) is 8.28. The number of fused-ring (bicyclic) bond motifs is 2. The highest BCUT2D eigenvalue weighted by Gasteiger charge is 2.28. The predicted octanol–water partition coefficient (Wildman–Crippen LogP) is 3.71. The number of benzene rings is 1. The van der Waals surface area contributed by atoms with Crippen LogP contribution in [0.15, 0.2) is 43.5 Å². The first-order chi connectivity index (χ1) is 16.0. The van der Waals surface area contributed by atoms with Crippen molar-refractivity contribution in [2.45, 2.75) is 13.0 Å². The van der Waals surface area contributed by atoms with Gasteiger partial charge in [0.1, 0.15) is 28.5 Å². The molecule has 0 radical (unpaired) electrons. The Bertz CT molecular complexity index is 1390. The topological polar surface area (TPSA) is 100 Å². The number of anilines is 1. The molecule has 0 spiro atoms. The van der Waals surface area contributed by atoms with Gasteiger partial charge in [-0.05, 0) is 19.1 Å². The van der Waals surface area contributed by atoms with Crippen molar-refractivity contribution in [3.8, 4) is 11.6 Å². The van der Waals surface area contributed by atoms with Gasteiger partial charge in [0.2, 0.25) is 11.8 Å². The standard InChI is InChI=1S/C22H19ClFN7O2/c1-3-17(32)31-7-6-30(10-12(31)2)21-13-4-5-25-22(19(13)26-11-27-21)33-20-14-9-28-29-16(14)8-15(24)18(20)23/h3-5,8-9,11-12H,1,6-7,10H2,2H3,(H,28,29). The SMILES string of the molecule is C=CC(=O)N1CCN(c2ncnc3c(Oc4c(Cl)c(F)cc5[nH]ncc45)nccc23)CC1C. The van der Waals surface area contributed by atoms with Gasteiger partial charge in [-0.2, -0.15) is 5.10 Å². The molecular formula is C22H19ClFN7O2. The highest BCUT2D eigenvalue weighted by Crippen LogP contribution is 2.39. The molecule has 1 aromatic carbocycles. The summed E-state index contributed by atoms with van der Waals surface area (Å²) < 4.78 is 20.3. The van der Waals surface area contributed by atoms with Crippen LogP contribution < -0.4 is 9.64 Å². The number of hydrogen-bond acceptors (Lipinski definition) is 7.